The fraction of sp³-hybridized carbons (Fsp3) is 0.286. The van der Waals surface area contributed by atoms with E-state index >= 15 is 0 Å². The van der Waals surface area contributed by atoms with Crippen LogP contribution in [0.2, 0.25) is 0 Å². The van der Waals surface area contributed by atoms with Crippen LogP contribution in [0, 0.1) is 0 Å². The van der Waals surface area contributed by atoms with Crippen LogP contribution in [-0.4, -0.2) is 6.04 Å². The molecule has 1 aromatic carbocycles. The van der Waals surface area contributed by atoms with Crippen LogP contribution in [0.5, 0.6) is 0 Å². The summed E-state index contributed by atoms with van der Waals surface area (Å²) >= 11 is 7.04. The van der Waals surface area contributed by atoms with E-state index in [0.717, 1.165) is 32.6 Å². The zero-order valence-electron chi connectivity index (χ0n) is 9.75. The zero-order valence-corrected chi connectivity index (χ0v) is 12.9. The third kappa shape index (κ3) is 2.87. The van der Waals surface area contributed by atoms with Crippen LogP contribution in [0.3, 0.4) is 0 Å². The van der Waals surface area contributed by atoms with Gasteiger partial charge in [0.25, 0.3) is 0 Å². The number of rotatable bonds is 4. The topological polar surface area (TPSA) is 25.2 Å². The molecule has 0 unspecified atom stereocenters. The van der Waals surface area contributed by atoms with E-state index < -0.39 is 0 Å². The van der Waals surface area contributed by atoms with Crippen molar-refractivity contribution in [2.24, 2.45) is 0 Å². The summed E-state index contributed by atoms with van der Waals surface area (Å²) in [5.41, 5.74) is 1.07. The summed E-state index contributed by atoms with van der Waals surface area (Å²) in [6.07, 6.45) is 2.59. The molecule has 18 heavy (non-hydrogen) atoms. The Morgan fingerprint density at radius 2 is 2.00 bits per heavy atom. The first-order chi connectivity index (χ1) is 8.72. The van der Waals surface area contributed by atoms with Crippen LogP contribution in [0.25, 0.3) is 11.3 Å². The normalized spacial score (nSPS) is 15.0. The van der Waals surface area contributed by atoms with Crippen molar-refractivity contribution in [3.8, 4) is 11.3 Å². The summed E-state index contributed by atoms with van der Waals surface area (Å²) in [6, 6.07) is 10.8. The van der Waals surface area contributed by atoms with Gasteiger partial charge in [-0.25, -0.2) is 0 Å². The molecule has 0 spiro atoms. The molecule has 1 saturated carbocycles. The van der Waals surface area contributed by atoms with Crippen LogP contribution in [0.1, 0.15) is 18.6 Å². The molecule has 1 fully saturated rings. The summed E-state index contributed by atoms with van der Waals surface area (Å²) in [7, 11) is 0. The Morgan fingerprint density at radius 1 is 1.17 bits per heavy atom. The number of hydrogen-bond donors (Lipinski definition) is 1. The van der Waals surface area contributed by atoms with Crippen molar-refractivity contribution in [2.45, 2.75) is 25.4 Å². The molecule has 1 aromatic heterocycles. The molecule has 0 aliphatic heterocycles. The first-order valence-corrected chi connectivity index (χ1v) is 7.58. The lowest BCUT2D eigenvalue weighted by atomic mass is 10.2. The average Bonchev–Trinajstić information content (AvgIpc) is 3.08. The lowest BCUT2D eigenvalue weighted by molar-refractivity contribution is 0.492. The molecule has 0 saturated heterocycles. The Hall–Kier alpha value is -0.580. The maximum absolute atomic E-state index is 5.87. The van der Waals surface area contributed by atoms with Gasteiger partial charge < -0.3 is 9.73 Å². The Morgan fingerprint density at radius 3 is 2.78 bits per heavy atom. The first-order valence-electron chi connectivity index (χ1n) is 6.00. The molecule has 0 amide bonds. The number of halogens is 2. The molecule has 3 rings (SSSR count). The quantitative estimate of drug-likeness (QED) is 0.841. The second-order valence-corrected chi connectivity index (χ2v) is 6.32. The third-order valence-corrected chi connectivity index (χ3v) is 4.18. The van der Waals surface area contributed by atoms with Crippen molar-refractivity contribution >= 4 is 31.9 Å². The highest BCUT2D eigenvalue weighted by Gasteiger charge is 2.20. The predicted molar refractivity (Wildman–Crippen MR) is 79.4 cm³/mol. The summed E-state index contributed by atoms with van der Waals surface area (Å²) < 4.78 is 7.96. The monoisotopic (exact) mass is 369 g/mol. The molecule has 0 atom stereocenters. The maximum atomic E-state index is 5.87. The van der Waals surface area contributed by atoms with Gasteiger partial charge in [0, 0.05) is 20.6 Å². The van der Waals surface area contributed by atoms with Gasteiger partial charge in [-0.15, -0.1) is 0 Å². The molecule has 1 N–H and O–H groups in total. The lowest BCUT2D eigenvalue weighted by Crippen LogP contribution is -2.14. The van der Waals surface area contributed by atoms with E-state index in [2.05, 4.69) is 43.2 Å². The molecule has 1 heterocycles. The van der Waals surface area contributed by atoms with Gasteiger partial charge >= 0.3 is 0 Å². The maximum Gasteiger partial charge on any atom is 0.135 e. The predicted octanol–water partition coefficient (Wildman–Crippen LogP) is 4.72. The fourth-order valence-electron chi connectivity index (χ4n) is 1.84. The smallest absolute Gasteiger partial charge is 0.135 e. The second-order valence-electron chi connectivity index (χ2n) is 4.55. The minimum absolute atomic E-state index is 0.705. The van der Waals surface area contributed by atoms with Crippen molar-refractivity contribution < 1.29 is 4.42 Å². The van der Waals surface area contributed by atoms with Gasteiger partial charge in [0.2, 0.25) is 0 Å². The van der Waals surface area contributed by atoms with Gasteiger partial charge in [0.1, 0.15) is 11.5 Å². The van der Waals surface area contributed by atoms with Crippen molar-refractivity contribution in [3.63, 3.8) is 0 Å². The van der Waals surface area contributed by atoms with E-state index in [0.29, 0.717) is 6.04 Å². The molecule has 0 radical (unpaired) electrons. The number of furan rings is 1. The Labute approximate surface area is 123 Å². The summed E-state index contributed by atoms with van der Waals surface area (Å²) in [5.74, 6) is 1.89. The number of hydrogen-bond acceptors (Lipinski definition) is 2. The van der Waals surface area contributed by atoms with Crippen molar-refractivity contribution in [1.82, 2.24) is 5.32 Å². The van der Waals surface area contributed by atoms with Gasteiger partial charge in [-0.2, -0.15) is 0 Å². The zero-order chi connectivity index (χ0) is 12.5. The van der Waals surface area contributed by atoms with E-state index in [1.165, 1.54) is 12.8 Å². The second kappa shape index (κ2) is 5.19. The first kappa shape index (κ1) is 12.5. The van der Waals surface area contributed by atoms with Crippen LogP contribution < -0.4 is 5.32 Å². The summed E-state index contributed by atoms with van der Waals surface area (Å²) in [4.78, 5) is 0. The lowest BCUT2D eigenvalue weighted by Gasteiger charge is -2.02. The Bertz CT molecular complexity index is 561. The van der Waals surface area contributed by atoms with Crippen LogP contribution in [0.4, 0.5) is 0 Å². The molecule has 4 heteroatoms. The third-order valence-electron chi connectivity index (χ3n) is 3.00. The highest BCUT2D eigenvalue weighted by atomic mass is 79.9. The standard InChI is InChI=1S/C14H13Br2NO/c15-9-1-5-13(16)12(7-9)14-6-4-11(18-14)8-17-10-2-3-10/h1,4-7,10,17H,2-3,8H2. The molecule has 1 aliphatic carbocycles. The van der Waals surface area contributed by atoms with Crippen LogP contribution >= 0.6 is 31.9 Å². The highest BCUT2D eigenvalue weighted by molar-refractivity contribution is 9.11. The SMILES string of the molecule is Brc1ccc(Br)c(-c2ccc(CNC3CC3)o2)c1. The molecule has 2 aromatic rings. The van der Waals surface area contributed by atoms with E-state index in [1.807, 2.05) is 24.3 Å². The van der Waals surface area contributed by atoms with Crippen LogP contribution in [0.15, 0.2) is 43.7 Å². The summed E-state index contributed by atoms with van der Waals surface area (Å²) in [6.45, 7) is 0.816. The molecule has 0 bridgehead atoms. The Kier molecular flexibility index (Phi) is 3.59. The number of benzene rings is 1. The molecular weight excluding hydrogens is 358 g/mol. The van der Waals surface area contributed by atoms with Gasteiger partial charge in [-0.05, 0) is 43.2 Å². The van der Waals surface area contributed by atoms with E-state index in [4.69, 9.17) is 4.42 Å². The Balaban J connectivity index is 1.80. The van der Waals surface area contributed by atoms with E-state index in [-0.39, 0.29) is 0 Å². The minimum Gasteiger partial charge on any atom is -0.460 e. The van der Waals surface area contributed by atoms with Crippen molar-refractivity contribution in [1.29, 1.82) is 0 Å². The van der Waals surface area contributed by atoms with Gasteiger partial charge in [-0.1, -0.05) is 31.9 Å². The number of nitrogens with one attached hydrogen (secondary N) is 1. The van der Waals surface area contributed by atoms with Gasteiger partial charge in [0.15, 0.2) is 0 Å². The van der Waals surface area contributed by atoms with E-state index in [9.17, 15) is 0 Å². The van der Waals surface area contributed by atoms with Crippen molar-refractivity contribution in [2.75, 3.05) is 0 Å². The fourth-order valence-corrected chi connectivity index (χ4v) is 2.64. The molecule has 2 nitrogen and oxygen atoms in total. The van der Waals surface area contributed by atoms with Crippen molar-refractivity contribution in [3.05, 3.63) is 45.0 Å². The molecule has 1 aliphatic rings. The highest BCUT2D eigenvalue weighted by Crippen LogP contribution is 2.32. The van der Waals surface area contributed by atoms with Gasteiger partial charge in [0.05, 0.1) is 6.54 Å². The van der Waals surface area contributed by atoms with E-state index in [1.54, 1.807) is 0 Å². The van der Waals surface area contributed by atoms with Gasteiger partial charge in [-0.3, -0.25) is 0 Å². The largest absolute Gasteiger partial charge is 0.460 e. The van der Waals surface area contributed by atoms with Crippen LogP contribution in [-0.2, 0) is 6.54 Å². The summed E-state index contributed by atoms with van der Waals surface area (Å²) in [5, 5.41) is 3.45. The molecular formula is C14H13Br2NO. The average molecular weight is 371 g/mol. The molecule has 94 valence electrons. The minimum atomic E-state index is 0.705.